The summed E-state index contributed by atoms with van der Waals surface area (Å²) in [6.45, 7) is 5.48. The molecule has 0 aliphatic heterocycles. The van der Waals surface area contributed by atoms with Crippen molar-refractivity contribution in [2.45, 2.75) is 123 Å². The number of unbranched alkanes of at least 4 members (excludes halogenated alkanes) is 14. The number of aromatic nitrogens is 4. The van der Waals surface area contributed by atoms with Gasteiger partial charge in [0.2, 0.25) is 0 Å². The SMILES string of the molecule is CCCCCCCCCCCCCCCCCOCCOP(=O)(O)CO[C@H](C)Cn1cnc2c(N)ncnc21. The van der Waals surface area contributed by atoms with Crippen LogP contribution in [0.1, 0.15) is 110 Å². The average molecular weight is 570 g/mol. The summed E-state index contributed by atoms with van der Waals surface area (Å²) in [6.07, 6.45) is 22.2. The number of fused-ring (bicyclic) bond motifs is 1. The van der Waals surface area contributed by atoms with Crippen molar-refractivity contribution in [3.63, 3.8) is 0 Å². The number of ether oxygens (including phenoxy) is 2. The predicted molar refractivity (Wildman–Crippen MR) is 157 cm³/mol. The van der Waals surface area contributed by atoms with E-state index >= 15 is 0 Å². The molecule has 0 spiro atoms. The quantitative estimate of drug-likeness (QED) is 0.0971. The van der Waals surface area contributed by atoms with E-state index in [0.29, 0.717) is 36.7 Å². The Kier molecular flexibility index (Phi) is 17.5. The molecule has 0 amide bonds. The van der Waals surface area contributed by atoms with Crippen molar-refractivity contribution in [2.75, 3.05) is 31.9 Å². The molecule has 2 rings (SSSR count). The van der Waals surface area contributed by atoms with Crippen LogP contribution in [0.15, 0.2) is 12.7 Å². The number of nitrogens with zero attached hydrogens (tertiary/aromatic N) is 4. The second-order valence-electron chi connectivity index (χ2n) is 10.5. The zero-order valence-electron chi connectivity index (χ0n) is 24.3. The summed E-state index contributed by atoms with van der Waals surface area (Å²) in [4.78, 5) is 22.4. The van der Waals surface area contributed by atoms with Crippen LogP contribution in [0.3, 0.4) is 0 Å². The fourth-order valence-corrected chi connectivity index (χ4v) is 5.41. The van der Waals surface area contributed by atoms with Gasteiger partial charge in [0, 0.05) is 6.61 Å². The minimum Gasteiger partial charge on any atom is -0.382 e. The van der Waals surface area contributed by atoms with Crippen molar-refractivity contribution in [3.8, 4) is 0 Å². The van der Waals surface area contributed by atoms with E-state index in [1.54, 1.807) is 17.8 Å². The lowest BCUT2D eigenvalue weighted by atomic mass is 10.0. The summed E-state index contributed by atoms with van der Waals surface area (Å²) >= 11 is 0. The van der Waals surface area contributed by atoms with Crippen LogP contribution in [0.4, 0.5) is 5.82 Å². The molecule has 1 unspecified atom stereocenters. The van der Waals surface area contributed by atoms with E-state index in [0.717, 1.165) is 12.8 Å². The van der Waals surface area contributed by atoms with Gasteiger partial charge in [-0.3, -0.25) is 4.57 Å². The molecule has 0 aromatic carbocycles. The van der Waals surface area contributed by atoms with E-state index in [2.05, 4.69) is 21.9 Å². The molecule has 2 atom stereocenters. The molecular weight excluding hydrogens is 517 g/mol. The molecule has 0 saturated carbocycles. The Morgan fingerprint density at radius 1 is 0.872 bits per heavy atom. The predicted octanol–water partition coefficient (Wildman–Crippen LogP) is 6.86. The van der Waals surface area contributed by atoms with Gasteiger partial charge in [0.05, 0.1) is 32.2 Å². The maximum Gasteiger partial charge on any atom is 0.353 e. The lowest BCUT2D eigenvalue weighted by Crippen LogP contribution is -2.18. The van der Waals surface area contributed by atoms with E-state index in [9.17, 15) is 9.46 Å². The van der Waals surface area contributed by atoms with E-state index in [1.807, 2.05) is 0 Å². The van der Waals surface area contributed by atoms with Crippen molar-refractivity contribution in [1.82, 2.24) is 19.5 Å². The van der Waals surface area contributed by atoms with Gasteiger partial charge < -0.3 is 29.2 Å². The number of imidazole rings is 1. The molecule has 2 aromatic heterocycles. The largest absolute Gasteiger partial charge is 0.382 e. The summed E-state index contributed by atoms with van der Waals surface area (Å²) < 4.78 is 30.3. The number of rotatable bonds is 25. The Hall–Kier alpha value is -1.58. The topological polar surface area (TPSA) is 135 Å². The highest BCUT2D eigenvalue weighted by Gasteiger charge is 2.21. The third-order valence-electron chi connectivity index (χ3n) is 6.82. The first kappa shape index (κ1) is 33.6. The lowest BCUT2D eigenvalue weighted by Gasteiger charge is -2.17. The van der Waals surface area contributed by atoms with Crippen LogP contribution in [0.2, 0.25) is 0 Å². The fourth-order valence-electron chi connectivity index (χ4n) is 4.54. The zero-order valence-corrected chi connectivity index (χ0v) is 25.2. The van der Waals surface area contributed by atoms with Crippen LogP contribution in [0.25, 0.3) is 11.2 Å². The Bertz CT molecular complexity index is 944. The molecule has 0 radical (unpaired) electrons. The molecule has 2 heterocycles. The molecule has 2 aromatic rings. The lowest BCUT2D eigenvalue weighted by molar-refractivity contribution is 0.0610. The molecule has 3 N–H and O–H groups in total. The van der Waals surface area contributed by atoms with E-state index in [4.69, 9.17) is 19.7 Å². The van der Waals surface area contributed by atoms with Crippen LogP contribution in [-0.2, 0) is 25.1 Å². The van der Waals surface area contributed by atoms with Crippen molar-refractivity contribution < 1.29 is 23.5 Å². The standard InChI is InChI=1S/C28H52N5O5P/c1-3-4-5-6-7-8-9-10-11-12-13-14-15-16-17-18-36-19-20-38-39(34,35)24-37-25(2)21-33-23-32-26-27(29)30-22-31-28(26)33/h22-23,25H,3-21,24H2,1-2H3,(H,34,35)(H2,29,30,31)/t25-/m1/s1. The van der Waals surface area contributed by atoms with E-state index < -0.39 is 13.9 Å². The normalized spacial score (nSPS) is 14.1. The van der Waals surface area contributed by atoms with Gasteiger partial charge in [0.1, 0.15) is 18.2 Å². The highest BCUT2D eigenvalue weighted by Crippen LogP contribution is 2.41. The first-order valence-corrected chi connectivity index (χ1v) is 16.8. The Morgan fingerprint density at radius 3 is 2.08 bits per heavy atom. The summed E-state index contributed by atoms with van der Waals surface area (Å²) in [5, 5.41) is 0. The Morgan fingerprint density at radius 2 is 1.46 bits per heavy atom. The van der Waals surface area contributed by atoms with Crippen LogP contribution < -0.4 is 5.73 Å². The first-order valence-electron chi connectivity index (χ1n) is 15.0. The molecule has 0 saturated heterocycles. The Balaban J connectivity index is 1.38. The third kappa shape index (κ3) is 15.1. The number of nitrogen functional groups attached to an aromatic ring is 1. The highest BCUT2D eigenvalue weighted by atomic mass is 31.2. The van der Waals surface area contributed by atoms with Gasteiger partial charge in [-0.15, -0.1) is 0 Å². The number of hydrogen-bond donors (Lipinski definition) is 2. The number of hydrogen-bond acceptors (Lipinski definition) is 8. The minimum atomic E-state index is -3.86. The van der Waals surface area contributed by atoms with Gasteiger partial charge >= 0.3 is 7.60 Å². The first-order chi connectivity index (χ1) is 18.9. The average Bonchev–Trinajstić information content (AvgIpc) is 3.32. The van der Waals surface area contributed by atoms with E-state index in [-0.39, 0.29) is 12.7 Å². The zero-order chi connectivity index (χ0) is 28.2. The third-order valence-corrected chi connectivity index (χ3v) is 7.88. The van der Waals surface area contributed by atoms with Crippen LogP contribution >= 0.6 is 7.60 Å². The Labute approximate surface area is 235 Å². The fraction of sp³-hybridized carbons (Fsp3) is 0.821. The number of nitrogens with two attached hydrogens (primary N) is 1. The molecular formula is C28H52N5O5P. The molecule has 224 valence electrons. The van der Waals surface area contributed by atoms with Crippen molar-refractivity contribution in [2.24, 2.45) is 0 Å². The van der Waals surface area contributed by atoms with Crippen LogP contribution in [0, 0.1) is 0 Å². The van der Waals surface area contributed by atoms with Crippen LogP contribution in [-0.4, -0.2) is 56.7 Å². The second-order valence-corrected chi connectivity index (χ2v) is 12.3. The smallest absolute Gasteiger partial charge is 0.353 e. The van der Waals surface area contributed by atoms with Gasteiger partial charge in [-0.25, -0.2) is 15.0 Å². The summed E-state index contributed by atoms with van der Waals surface area (Å²) in [5.74, 6) is 0.308. The minimum absolute atomic E-state index is 0.0621. The molecule has 0 aliphatic rings. The maximum atomic E-state index is 12.3. The molecule has 0 aliphatic carbocycles. The van der Waals surface area contributed by atoms with Crippen molar-refractivity contribution in [1.29, 1.82) is 0 Å². The summed E-state index contributed by atoms with van der Waals surface area (Å²) in [7, 11) is -3.86. The van der Waals surface area contributed by atoms with Gasteiger partial charge in [-0.1, -0.05) is 96.8 Å². The monoisotopic (exact) mass is 569 g/mol. The second kappa shape index (κ2) is 20.3. The highest BCUT2D eigenvalue weighted by molar-refractivity contribution is 7.52. The van der Waals surface area contributed by atoms with Crippen LogP contribution in [0.5, 0.6) is 0 Å². The van der Waals surface area contributed by atoms with Gasteiger partial charge in [0.25, 0.3) is 0 Å². The summed E-state index contributed by atoms with van der Waals surface area (Å²) in [6, 6.07) is 0. The number of anilines is 1. The molecule has 0 bridgehead atoms. The van der Waals surface area contributed by atoms with Gasteiger partial charge in [-0.05, 0) is 13.3 Å². The molecule has 11 heteroatoms. The molecule has 39 heavy (non-hydrogen) atoms. The van der Waals surface area contributed by atoms with Gasteiger partial charge in [-0.2, -0.15) is 0 Å². The molecule has 10 nitrogen and oxygen atoms in total. The summed E-state index contributed by atoms with van der Waals surface area (Å²) in [5.41, 5.74) is 6.91. The van der Waals surface area contributed by atoms with Crippen molar-refractivity contribution in [3.05, 3.63) is 12.7 Å². The maximum absolute atomic E-state index is 12.3. The van der Waals surface area contributed by atoms with Gasteiger partial charge in [0.15, 0.2) is 11.5 Å². The van der Waals surface area contributed by atoms with Crippen molar-refractivity contribution >= 4 is 24.6 Å². The van der Waals surface area contributed by atoms with E-state index in [1.165, 1.54) is 89.8 Å². The molecule has 0 fully saturated rings.